The Bertz CT molecular complexity index is 187. The molecular weight excluding hydrogens is 196 g/mol. The Morgan fingerprint density at radius 2 is 1.50 bits per heavy atom. The number of hydrogen-bond donors (Lipinski definition) is 0. The summed E-state index contributed by atoms with van der Waals surface area (Å²) < 4.78 is 0. The Balaban J connectivity index is 2.23. The first-order chi connectivity index (χ1) is 7.40. The third-order valence-corrected chi connectivity index (χ3v) is 3.43. The van der Waals surface area contributed by atoms with Gasteiger partial charge in [-0.25, -0.2) is 0 Å². The molecule has 0 aromatic carbocycles. The van der Waals surface area contributed by atoms with Gasteiger partial charge in [0.05, 0.1) is 0 Å². The molecule has 1 unspecified atom stereocenters. The predicted molar refractivity (Wildman–Crippen MR) is 71.8 cm³/mol. The average molecular weight is 226 g/mol. The molecule has 16 heavy (non-hydrogen) atoms. The second-order valence-corrected chi connectivity index (χ2v) is 6.65. The van der Waals surface area contributed by atoms with E-state index < -0.39 is 0 Å². The summed E-state index contributed by atoms with van der Waals surface area (Å²) in [6.45, 7) is 19.2. The molecule has 0 amide bonds. The summed E-state index contributed by atoms with van der Waals surface area (Å²) in [5, 5.41) is 0. The lowest BCUT2D eigenvalue weighted by Crippen LogP contribution is -2.49. The summed E-state index contributed by atoms with van der Waals surface area (Å²) in [6.07, 6.45) is 1.31. The van der Waals surface area contributed by atoms with Crippen molar-refractivity contribution in [2.24, 2.45) is 11.3 Å². The van der Waals surface area contributed by atoms with E-state index in [-0.39, 0.29) is 0 Å². The van der Waals surface area contributed by atoms with Crippen molar-refractivity contribution in [3.63, 3.8) is 0 Å². The molecule has 1 rings (SSSR count). The van der Waals surface area contributed by atoms with Crippen molar-refractivity contribution >= 4 is 0 Å². The second kappa shape index (κ2) is 6.02. The van der Waals surface area contributed by atoms with Crippen molar-refractivity contribution in [2.45, 2.75) is 41.0 Å². The largest absolute Gasteiger partial charge is 0.301 e. The molecule has 0 bridgehead atoms. The molecule has 0 spiro atoms. The fraction of sp³-hybridized carbons (Fsp3) is 1.00. The van der Waals surface area contributed by atoms with Crippen molar-refractivity contribution in [1.29, 1.82) is 0 Å². The van der Waals surface area contributed by atoms with E-state index in [4.69, 9.17) is 0 Å². The van der Waals surface area contributed by atoms with Crippen molar-refractivity contribution in [3.05, 3.63) is 0 Å². The fourth-order valence-corrected chi connectivity index (χ4v) is 2.37. The molecule has 1 heterocycles. The third-order valence-electron chi connectivity index (χ3n) is 3.43. The molecule has 1 saturated heterocycles. The molecule has 0 N–H and O–H groups in total. The molecular formula is C14H30N2. The molecule has 1 fully saturated rings. The normalized spacial score (nSPS) is 22.3. The zero-order valence-corrected chi connectivity index (χ0v) is 11.9. The van der Waals surface area contributed by atoms with Gasteiger partial charge in [0.2, 0.25) is 0 Å². The number of hydrogen-bond acceptors (Lipinski definition) is 2. The summed E-state index contributed by atoms with van der Waals surface area (Å²) >= 11 is 0. The SMILES string of the molecule is CCC(C)CN1CCN(CC(C)(C)C)CC1. The first-order valence-corrected chi connectivity index (χ1v) is 6.85. The van der Waals surface area contributed by atoms with Gasteiger partial charge < -0.3 is 9.80 Å². The van der Waals surface area contributed by atoms with Crippen LogP contribution in [0, 0.1) is 11.3 Å². The maximum Gasteiger partial charge on any atom is 0.0110 e. The zero-order valence-electron chi connectivity index (χ0n) is 11.9. The topological polar surface area (TPSA) is 6.48 Å². The van der Waals surface area contributed by atoms with E-state index in [0.29, 0.717) is 5.41 Å². The summed E-state index contributed by atoms with van der Waals surface area (Å²) in [6, 6.07) is 0. The number of rotatable bonds is 4. The molecule has 1 aliphatic heterocycles. The van der Waals surface area contributed by atoms with Gasteiger partial charge in [0, 0.05) is 39.3 Å². The molecule has 0 aromatic rings. The van der Waals surface area contributed by atoms with Crippen LogP contribution in [0.1, 0.15) is 41.0 Å². The van der Waals surface area contributed by atoms with Crippen LogP contribution in [0.2, 0.25) is 0 Å². The van der Waals surface area contributed by atoms with Crippen molar-refractivity contribution in [2.75, 3.05) is 39.3 Å². The molecule has 0 saturated carbocycles. The van der Waals surface area contributed by atoms with Crippen LogP contribution in [0.15, 0.2) is 0 Å². The van der Waals surface area contributed by atoms with Crippen LogP contribution in [0.25, 0.3) is 0 Å². The van der Waals surface area contributed by atoms with Gasteiger partial charge >= 0.3 is 0 Å². The Labute approximate surface area is 102 Å². The Morgan fingerprint density at radius 1 is 1.00 bits per heavy atom. The van der Waals surface area contributed by atoms with Crippen molar-refractivity contribution in [3.8, 4) is 0 Å². The van der Waals surface area contributed by atoms with Gasteiger partial charge in [0.1, 0.15) is 0 Å². The minimum Gasteiger partial charge on any atom is -0.301 e. The highest BCUT2D eigenvalue weighted by Gasteiger charge is 2.21. The highest BCUT2D eigenvalue weighted by molar-refractivity contribution is 4.76. The summed E-state index contributed by atoms with van der Waals surface area (Å²) in [5.74, 6) is 0.856. The Morgan fingerprint density at radius 3 is 1.94 bits per heavy atom. The lowest BCUT2D eigenvalue weighted by molar-refractivity contribution is 0.0934. The van der Waals surface area contributed by atoms with E-state index in [1.54, 1.807) is 0 Å². The van der Waals surface area contributed by atoms with Gasteiger partial charge in [0.15, 0.2) is 0 Å². The van der Waals surface area contributed by atoms with Crippen LogP contribution in [0.4, 0.5) is 0 Å². The van der Waals surface area contributed by atoms with Gasteiger partial charge in [0.25, 0.3) is 0 Å². The molecule has 0 aliphatic carbocycles. The standard InChI is InChI=1S/C14H30N2/c1-6-13(2)11-15-7-9-16(10-8-15)12-14(3,4)5/h13H,6-12H2,1-5H3. The van der Waals surface area contributed by atoms with Gasteiger partial charge in [-0.2, -0.15) is 0 Å². The maximum atomic E-state index is 2.63. The second-order valence-electron chi connectivity index (χ2n) is 6.65. The van der Waals surface area contributed by atoms with Crippen LogP contribution in [0.5, 0.6) is 0 Å². The Hall–Kier alpha value is -0.0800. The quantitative estimate of drug-likeness (QED) is 0.727. The molecule has 0 aromatic heterocycles. The van der Waals surface area contributed by atoms with Gasteiger partial charge in [-0.15, -0.1) is 0 Å². The number of nitrogens with zero attached hydrogens (tertiary/aromatic N) is 2. The first-order valence-electron chi connectivity index (χ1n) is 6.85. The molecule has 2 heteroatoms. The van der Waals surface area contributed by atoms with Crippen LogP contribution >= 0.6 is 0 Å². The van der Waals surface area contributed by atoms with Crippen LogP contribution in [-0.4, -0.2) is 49.1 Å². The predicted octanol–water partition coefficient (Wildman–Crippen LogP) is 2.70. The van der Waals surface area contributed by atoms with E-state index in [1.807, 2.05) is 0 Å². The van der Waals surface area contributed by atoms with Gasteiger partial charge in [-0.05, 0) is 11.3 Å². The maximum absolute atomic E-state index is 2.63. The monoisotopic (exact) mass is 226 g/mol. The lowest BCUT2D eigenvalue weighted by atomic mass is 9.95. The van der Waals surface area contributed by atoms with Crippen LogP contribution in [0.3, 0.4) is 0 Å². The molecule has 1 aliphatic rings. The van der Waals surface area contributed by atoms with E-state index in [0.717, 1.165) is 5.92 Å². The highest BCUT2D eigenvalue weighted by Crippen LogP contribution is 2.17. The van der Waals surface area contributed by atoms with Crippen molar-refractivity contribution < 1.29 is 0 Å². The van der Waals surface area contributed by atoms with Gasteiger partial charge in [-0.1, -0.05) is 41.0 Å². The van der Waals surface area contributed by atoms with Crippen LogP contribution < -0.4 is 0 Å². The number of piperazine rings is 1. The summed E-state index contributed by atoms with van der Waals surface area (Å²) in [7, 11) is 0. The first kappa shape index (κ1) is 14.0. The van der Waals surface area contributed by atoms with Gasteiger partial charge in [-0.3, -0.25) is 0 Å². The van der Waals surface area contributed by atoms with E-state index >= 15 is 0 Å². The minimum atomic E-state index is 0.443. The van der Waals surface area contributed by atoms with E-state index in [2.05, 4.69) is 44.4 Å². The molecule has 1 atom stereocenters. The van der Waals surface area contributed by atoms with E-state index in [1.165, 1.54) is 45.7 Å². The highest BCUT2D eigenvalue weighted by atomic mass is 15.3. The van der Waals surface area contributed by atoms with Crippen LogP contribution in [-0.2, 0) is 0 Å². The zero-order chi connectivity index (χ0) is 12.2. The summed E-state index contributed by atoms with van der Waals surface area (Å²) in [5.41, 5.74) is 0.443. The van der Waals surface area contributed by atoms with Crippen molar-refractivity contribution in [1.82, 2.24) is 9.80 Å². The summed E-state index contributed by atoms with van der Waals surface area (Å²) in [4.78, 5) is 5.25. The molecule has 2 nitrogen and oxygen atoms in total. The Kier molecular flexibility index (Phi) is 5.26. The average Bonchev–Trinajstić information content (AvgIpc) is 2.18. The minimum absolute atomic E-state index is 0.443. The molecule has 0 radical (unpaired) electrons. The third kappa shape index (κ3) is 5.31. The smallest absolute Gasteiger partial charge is 0.0110 e. The molecule has 96 valence electrons. The van der Waals surface area contributed by atoms with E-state index in [9.17, 15) is 0 Å². The fourth-order valence-electron chi connectivity index (χ4n) is 2.37. The lowest BCUT2D eigenvalue weighted by Gasteiger charge is -2.38.